The zero-order chi connectivity index (χ0) is 18.2. The van der Waals surface area contributed by atoms with E-state index in [0.29, 0.717) is 5.56 Å². The summed E-state index contributed by atoms with van der Waals surface area (Å²) in [7, 11) is 0. The molecule has 130 valence electrons. The quantitative estimate of drug-likeness (QED) is 0.640. The first-order valence-electron chi connectivity index (χ1n) is 7.98. The zero-order valence-corrected chi connectivity index (χ0v) is 14.2. The first-order chi connectivity index (χ1) is 12.0. The van der Waals surface area contributed by atoms with Gasteiger partial charge in [0.15, 0.2) is 6.61 Å². The van der Waals surface area contributed by atoms with Crippen molar-refractivity contribution >= 4 is 23.6 Å². The summed E-state index contributed by atoms with van der Waals surface area (Å²) >= 11 is 0. The van der Waals surface area contributed by atoms with Gasteiger partial charge in [0.1, 0.15) is 5.82 Å². The predicted octanol–water partition coefficient (Wildman–Crippen LogP) is 3.89. The van der Waals surface area contributed by atoms with Crippen molar-refractivity contribution in [2.24, 2.45) is 0 Å². The van der Waals surface area contributed by atoms with Crippen LogP contribution >= 0.6 is 0 Å². The molecule has 0 radical (unpaired) electrons. The van der Waals surface area contributed by atoms with Crippen LogP contribution in [0.15, 0.2) is 48.5 Å². The molecular weight excluding hydrogens is 321 g/mol. The number of amides is 1. The highest BCUT2D eigenvalue weighted by molar-refractivity contribution is 5.95. The van der Waals surface area contributed by atoms with E-state index in [1.807, 2.05) is 32.0 Å². The SMILES string of the molecule is CCc1cccc(C)c1NC(=O)COC(=O)/C=C/c1ccc(F)cc1. The summed E-state index contributed by atoms with van der Waals surface area (Å²) in [5.41, 5.74) is 3.40. The number of aryl methyl sites for hydroxylation is 2. The smallest absolute Gasteiger partial charge is 0.331 e. The average molecular weight is 341 g/mol. The Morgan fingerprint density at radius 2 is 1.88 bits per heavy atom. The van der Waals surface area contributed by atoms with E-state index in [-0.39, 0.29) is 12.4 Å². The van der Waals surface area contributed by atoms with E-state index in [9.17, 15) is 14.0 Å². The predicted molar refractivity (Wildman–Crippen MR) is 95.6 cm³/mol. The molecule has 1 N–H and O–H groups in total. The van der Waals surface area contributed by atoms with Crippen molar-refractivity contribution in [3.8, 4) is 0 Å². The number of hydrogen-bond donors (Lipinski definition) is 1. The number of rotatable bonds is 6. The van der Waals surface area contributed by atoms with E-state index in [1.54, 1.807) is 0 Å². The summed E-state index contributed by atoms with van der Waals surface area (Å²) in [4.78, 5) is 23.7. The third-order valence-corrected chi connectivity index (χ3v) is 3.63. The second-order valence-corrected chi connectivity index (χ2v) is 5.50. The maximum absolute atomic E-state index is 12.8. The summed E-state index contributed by atoms with van der Waals surface area (Å²) < 4.78 is 17.7. The molecule has 2 rings (SSSR count). The van der Waals surface area contributed by atoms with Crippen LogP contribution in [0.1, 0.15) is 23.6 Å². The van der Waals surface area contributed by atoms with E-state index in [0.717, 1.165) is 23.2 Å². The van der Waals surface area contributed by atoms with E-state index < -0.39 is 11.9 Å². The van der Waals surface area contributed by atoms with Crippen LogP contribution in [-0.2, 0) is 20.7 Å². The number of nitrogens with one attached hydrogen (secondary N) is 1. The van der Waals surface area contributed by atoms with Gasteiger partial charge in [-0.15, -0.1) is 0 Å². The van der Waals surface area contributed by atoms with Gasteiger partial charge in [0.25, 0.3) is 5.91 Å². The van der Waals surface area contributed by atoms with Crippen molar-refractivity contribution in [2.75, 3.05) is 11.9 Å². The number of ether oxygens (including phenoxy) is 1. The van der Waals surface area contributed by atoms with Crippen LogP contribution in [0.25, 0.3) is 6.08 Å². The Balaban J connectivity index is 1.87. The molecule has 0 bridgehead atoms. The van der Waals surface area contributed by atoms with Crippen molar-refractivity contribution in [3.63, 3.8) is 0 Å². The number of anilines is 1. The van der Waals surface area contributed by atoms with E-state index in [1.165, 1.54) is 36.4 Å². The van der Waals surface area contributed by atoms with Gasteiger partial charge in [0.05, 0.1) is 0 Å². The minimum Gasteiger partial charge on any atom is -0.452 e. The second kappa shape index (κ2) is 8.78. The molecule has 0 atom stereocenters. The molecule has 0 unspecified atom stereocenters. The van der Waals surface area contributed by atoms with E-state index in [4.69, 9.17) is 4.74 Å². The second-order valence-electron chi connectivity index (χ2n) is 5.50. The molecule has 1 amide bonds. The summed E-state index contributed by atoms with van der Waals surface area (Å²) in [6, 6.07) is 11.5. The third-order valence-electron chi connectivity index (χ3n) is 3.63. The van der Waals surface area contributed by atoms with Gasteiger partial charge in [-0.25, -0.2) is 9.18 Å². The Morgan fingerprint density at radius 3 is 2.56 bits per heavy atom. The molecular formula is C20H20FNO3. The van der Waals surface area contributed by atoms with Crippen molar-refractivity contribution in [3.05, 3.63) is 71.0 Å². The number of para-hydroxylation sites is 1. The van der Waals surface area contributed by atoms with Gasteiger partial charge in [-0.2, -0.15) is 0 Å². The highest BCUT2D eigenvalue weighted by atomic mass is 19.1. The molecule has 0 saturated heterocycles. The van der Waals surface area contributed by atoms with Crippen molar-refractivity contribution in [1.29, 1.82) is 0 Å². The topological polar surface area (TPSA) is 55.4 Å². The Morgan fingerprint density at radius 1 is 1.16 bits per heavy atom. The number of benzene rings is 2. The first kappa shape index (κ1) is 18.4. The molecule has 2 aromatic rings. The molecule has 5 heteroatoms. The van der Waals surface area contributed by atoms with Crippen LogP contribution in [0.3, 0.4) is 0 Å². The number of carbonyl (C=O) groups excluding carboxylic acids is 2. The van der Waals surface area contributed by atoms with Crippen LogP contribution in [0.2, 0.25) is 0 Å². The summed E-state index contributed by atoms with van der Waals surface area (Å²) in [6.45, 7) is 3.54. The van der Waals surface area contributed by atoms with Crippen molar-refractivity contribution in [1.82, 2.24) is 0 Å². The average Bonchev–Trinajstić information content (AvgIpc) is 2.61. The number of hydrogen-bond acceptors (Lipinski definition) is 3. The van der Waals surface area contributed by atoms with E-state index in [2.05, 4.69) is 5.32 Å². The summed E-state index contributed by atoms with van der Waals surface area (Å²) in [6.07, 6.45) is 3.49. The van der Waals surface area contributed by atoms with Crippen molar-refractivity contribution < 1.29 is 18.7 Å². The van der Waals surface area contributed by atoms with Crippen LogP contribution < -0.4 is 5.32 Å². The Kier molecular flexibility index (Phi) is 6.46. The largest absolute Gasteiger partial charge is 0.452 e. The number of carbonyl (C=O) groups is 2. The van der Waals surface area contributed by atoms with Crippen LogP contribution in [-0.4, -0.2) is 18.5 Å². The lowest BCUT2D eigenvalue weighted by molar-refractivity contribution is -0.142. The summed E-state index contributed by atoms with van der Waals surface area (Å²) in [5, 5.41) is 2.78. The molecule has 0 aromatic heterocycles. The van der Waals surface area contributed by atoms with Gasteiger partial charge in [0.2, 0.25) is 0 Å². The maximum Gasteiger partial charge on any atom is 0.331 e. The lowest BCUT2D eigenvalue weighted by Gasteiger charge is -2.12. The Hall–Kier alpha value is -2.95. The molecule has 4 nitrogen and oxygen atoms in total. The normalized spacial score (nSPS) is 10.7. The molecule has 0 aliphatic heterocycles. The number of esters is 1. The molecule has 0 saturated carbocycles. The fraction of sp³-hybridized carbons (Fsp3) is 0.200. The highest BCUT2D eigenvalue weighted by Crippen LogP contribution is 2.20. The zero-order valence-electron chi connectivity index (χ0n) is 14.2. The summed E-state index contributed by atoms with van der Waals surface area (Å²) in [5.74, 6) is -1.38. The molecule has 0 heterocycles. The van der Waals surface area contributed by atoms with E-state index >= 15 is 0 Å². The van der Waals surface area contributed by atoms with Crippen LogP contribution in [0.4, 0.5) is 10.1 Å². The molecule has 0 aliphatic rings. The first-order valence-corrected chi connectivity index (χ1v) is 7.98. The van der Waals surface area contributed by atoms with Crippen LogP contribution in [0.5, 0.6) is 0 Å². The van der Waals surface area contributed by atoms with Crippen LogP contribution in [0, 0.1) is 12.7 Å². The monoisotopic (exact) mass is 341 g/mol. The van der Waals surface area contributed by atoms with Crippen molar-refractivity contribution in [2.45, 2.75) is 20.3 Å². The van der Waals surface area contributed by atoms with Gasteiger partial charge < -0.3 is 10.1 Å². The Labute approximate surface area is 146 Å². The lowest BCUT2D eigenvalue weighted by Crippen LogP contribution is -2.21. The molecule has 2 aromatic carbocycles. The number of halogens is 1. The third kappa shape index (κ3) is 5.57. The highest BCUT2D eigenvalue weighted by Gasteiger charge is 2.10. The van der Waals surface area contributed by atoms with Gasteiger partial charge in [-0.1, -0.05) is 37.3 Å². The lowest BCUT2D eigenvalue weighted by atomic mass is 10.1. The molecule has 0 aliphatic carbocycles. The Bertz CT molecular complexity index is 782. The fourth-order valence-electron chi connectivity index (χ4n) is 2.30. The van der Waals surface area contributed by atoms with Gasteiger partial charge >= 0.3 is 5.97 Å². The minimum absolute atomic E-state index is 0.348. The minimum atomic E-state index is -0.639. The van der Waals surface area contributed by atoms with Gasteiger partial charge in [0, 0.05) is 11.8 Å². The molecule has 25 heavy (non-hydrogen) atoms. The van der Waals surface area contributed by atoms with Gasteiger partial charge in [-0.3, -0.25) is 4.79 Å². The maximum atomic E-state index is 12.8. The standard InChI is InChI=1S/C20H20FNO3/c1-3-16-6-4-5-14(2)20(16)22-18(23)13-25-19(24)12-9-15-7-10-17(21)11-8-15/h4-12H,3,13H2,1-2H3,(H,22,23)/b12-9+. The molecule has 0 fully saturated rings. The van der Waals surface area contributed by atoms with Gasteiger partial charge in [-0.05, 0) is 48.2 Å². The molecule has 0 spiro atoms. The fourth-order valence-corrected chi connectivity index (χ4v) is 2.30.